The molecule has 2 saturated carbocycles. The van der Waals surface area contributed by atoms with Crippen LogP contribution in [0.1, 0.15) is 44.6 Å². The number of para-hydroxylation sites is 1. The van der Waals surface area contributed by atoms with E-state index in [1.807, 2.05) is 6.07 Å². The van der Waals surface area contributed by atoms with Crippen molar-refractivity contribution in [1.29, 1.82) is 0 Å². The Morgan fingerprint density at radius 1 is 1.28 bits per heavy atom. The van der Waals surface area contributed by atoms with Gasteiger partial charge in [-0.25, -0.2) is 0 Å². The van der Waals surface area contributed by atoms with Gasteiger partial charge in [0.2, 0.25) is 0 Å². The fourth-order valence-electron chi connectivity index (χ4n) is 3.64. The first kappa shape index (κ1) is 12.0. The van der Waals surface area contributed by atoms with Crippen LogP contribution in [-0.2, 0) is 6.42 Å². The molecule has 0 radical (unpaired) electrons. The van der Waals surface area contributed by atoms with Crippen LogP contribution in [0, 0.1) is 5.41 Å². The molecule has 2 aliphatic carbocycles. The van der Waals surface area contributed by atoms with E-state index in [1.54, 1.807) is 0 Å². The highest BCUT2D eigenvalue weighted by Crippen LogP contribution is 2.54. The highest BCUT2D eigenvalue weighted by Gasteiger charge is 2.57. The van der Waals surface area contributed by atoms with Crippen molar-refractivity contribution >= 4 is 0 Å². The Bertz CT molecular complexity index is 421. The lowest BCUT2D eigenvalue weighted by atomic mass is 9.62. The number of hydrogen-bond acceptors (Lipinski definition) is 2. The Balaban J connectivity index is 1.77. The minimum atomic E-state index is -0.140. The van der Waals surface area contributed by atoms with Gasteiger partial charge in [0.15, 0.2) is 0 Å². The van der Waals surface area contributed by atoms with Crippen LogP contribution >= 0.6 is 0 Å². The third-order valence-electron chi connectivity index (χ3n) is 4.90. The molecule has 0 bridgehead atoms. The summed E-state index contributed by atoms with van der Waals surface area (Å²) in [4.78, 5) is 0. The molecular weight excluding hydrogens is 224 g/mol. The molecule has 1 aromatic rings. The molecule has 0 saturated heterocycles. The van der Waals surface area contributed by atoms with Gasteiger partial charge in [-0.1, -0.05) is 38.0 Å². The zero-order valence-corrected chi connectivity index (χ0v) is 11.1. The fraction of sp³-hybridized carbons (Fsp3) is 0.625. The number of benzene rings is 1. The lowest BCUT2D eigenvalue weighted by Crippen LogP contribution is -2.58. The van der Waals surface area contributed by atoms with Gasteiger partial charge in [-0.3, -0.25) is 0 Å². The van der Waals surface area contributed by atoms with Crippen molar-refractivity contribution in [3.8, 4) is 5.75 Å². The molecule has 2 nitrogen and oxygen atoms in total. The van der Waals surface area contributed by atoms with Crippen molar-refractivity contribution in [3.05, 3.63) is 29.8 Å². The third kappa shape index (κ3) is 1.74. The average Bonchev–Trinajstić information content (AvgIpc) is 2.91. The van der Waals surface area contributed by atoms with Crippen LogP contribution in [0.4, 0.5) is 0 Å². The SMILES string of the molecule is CCc1ccccc1OC1CC(O)C12CCCC2. The minimum Gasteiger partial charge on any atom is -0.489 e. The molecule has 1 aromatic carbocycles. The normalized spacial score (nSPS) is 29.2. The van der Waals surface area contributed by atoms with Gasteiger partial charge >= 0.3 is 0 Å². The van der Waals surface area contributed by atoms with Crippen molar-refractivity contribution < 1.29 is 9.84 Å². The zero-order chi connectivity index (χ0) is 12.6. The Morgan fingerprint density at radius 2 is 2.00 bits per heavy atom. The number of rotatable bonds is 3. The third-order valence-corrected chi connectivity index (χ3v) is 4.90. The first-order chi connectivity index (χ1) is 8.76. The monoisotopic (exact) mass is 246 g/mol. The highest BCUT2D eigenvalue weighted by molar-refractivity contribution is 5.34. The smallest absolute Gasteiger partial charge is 0.122 e. The van der Waals surface area contributed by atoms with E-state index in [2.05, 4.69) is 25.1 Å². The standard InChI is InChI=1S/C16H22O2/c1-2-12-7-3-4-8-13(12)18-15-11-14(17)16(15)9-5-6-10-16/h3-4,7-8,14-15,17H,2,5-6,9-11H2,1H3. The summed E-state index contributed by atoms with van der Waals surface area (Å²) in [6, 6.07) is 8.29. The molecule has 2 aliphatic rings. The Kier molecular flexibility index (Phi) is 3.06. The highest BCUT2D eigenvalue weighted by atomic mass is 16.5. The second-order valence-electron chi connectivity index (χ2n) is 5.76. The Morgan fingerprint density at radius 3 is 2.67 bits per heavy atom. The van der Waals surface area contributed by atoms with Crippen molar-refractivity contribution in [3.63, 3.8) is 0 Å². The number of ether oxygens (including phenoxy) is 1. The van der Waals surface area contributed by atoms with E-state index in [0.29, 0.717) is 0 Å². The molecule has 0 aliphatic heterocycles. The van der Waals surface area contributed by atoms with Crippen molar-refractivity contribution in [2.24, 2.45) is 5.41 Å². The summed E-state index contributed by atoms with van der Waals surface area (Å²) < 4.78 is 6.22. The summed E-state index contributed by atoms with van der Waals surface area (Å²) in [5, 5.41) is 10.1. The van der Waals surface area contributed by atoms with Crippen LogP contribution < -0.4 is 4.74 Å². The van der Waals surface area contributed by atoms with E-state index in [9.17, 15) is 5.11 Å². The van der Waals surface area contributed by atoms with Gasteiger partial charge in [-0.05, 0) is 30.9 Å². The van der Waals surface area contributed by atoms with E-state index in [4.69, 9.17) is 4.74 Å². The van der Waals surface area contributed by atoms with Gasteiger partial charge in [-0.15, -0.1) is 0 Å². The first-order valence-corrected chi connectivity index (χ1v) is 7.19. The van der Waals surface area contributed by atoms with Crippen molar-refractivity contribution in [2.45, 2.75) is 57.7 Å². The predicted octanol–water partition coefficient (Wildman–Crippen LogP) is 3.32. The molecule has 2 atom stereocenters. The topological polar surface area (TPSA) is 29.5 Å². The van der Waals surface area contributed by atoms with Crippen molar-refractivity contribution in [1.82, 2.24) is 0 Å². The summed E-state index contributed by atoms with van der Waals surface area (Å²) in [5.74, 6) is 1.02. The first-order valence-electron chi connectivity index (χ1n) is 7.19. The number of aliphatic hydroxyl groups is 1. The molecule has 0 aromatic heterocycles. The van der Waals surface area contributed by atoms with Gasteiger partial charge in [0.05, 0.1) is 6.10 Å². The van der Waals surface area contributed by atoms with Gasteiger partial charge in [0.25, 0.3) is 0 Å². The molecule has 3 rings (SSSR count). The van der Waals surface area contributed by atoms with E-state index in [-0.39, 0.29) is 17.6 Å². The van der Waals surface area contributed by atoms with Crippen LogP contribution in [-0.4, -0.2) is 17.3 Å². The minimum absolute atomic E-state index is 0.0703. The summed E-state index contributed by atoms with van der Waals surface area (Å²) in [6.45, 7) is 2.16. The maximum atomic E-state index is 10.1. The Labute approximate surface area is 109 Å². The van der Waals surface area contributed by atoms with E-state index in [1.165, 1.54) is 18.4 Å². The molecule has 2 fully saturated rings. The van der Waals surface area contributed by atoms with Gasteiger partial charge in [-0.2, -0.15) is 0 Å². The van der Waals surface area contributed by atoms with Crippen LogP contribution in [0.15, 0.2) is 24.3 Å². The van der Waals surface area contributed by atoms with Gasteiger partial charge < -0.3 is 9.84 Å². The second-order valence-corrected chi connectivity index (χ2v) is 5.76. The Hall–Kier alpha value is -1.02. The molecule has 2 heteroatoms. The van der Waals surface area contributed by atoms with Gasteiger partial charge in [0.1, 0.15) is 11.9 Å². The van der Waals surface area contributed by atoms with Crippen LogP contribution in [0.2, 0.25) is 0 Å². The van der Waals surface area contributed by atoms with Gasteiger partial charge in [0, 0.05) is 11.8 Å². The fourth-order valence-corrected chi connectivity index (χ4v) is 3.64. The zero-order valence-electron chi connectivity index (χ0n) is 11.1. The average molecular weight is 246 g/mol. The molecule has 0 heterocycles. The van der Waals surface area contributed by atoms with E-state index in [0.717, 1.165) is 31.4 Å². The molecule has 1 spiro atoms. The molecule has 1 N–H and O–H groups in total. The van der Waals surface area contributed by atoms with Crippen LogP contribution in [0.5, 0.6) is 5.75 Å². The molecule has 0 amide bonds. The van der Waals surface area contributed by atoms with Crippen molar-refractivity contribution in [2.75, 3.05) is 0 Å². The quantitative estimate of drug-likeness (QED) is 0.886. The van der Waals surface area contributed by atoms with E-state index >= 15 is 0 Å². The van der Waals surface area contributed by atoms with Crippen LogP contribution in [0.25, 0.3) is 0 Å². The molecule has 98 valence electrons. The maximum Gasteiger partial charge on any atom is 0.122 e. The second kappa shape index (κ2) is 4.58. The number of hydrogen-bond donors (Lipinski definition) is 1. The molecular formula is C16H22O2. The predicted molar refractivity (Wildman–Crippen MR) is 71.8 cm³/mol. The number of aliphatic hydroxyl groups excluding tert-OH is 1. The molecule has 18 heavy (non-hydrogen) atoms. The summed E-state index contributed by atoms with van der Waals surface area (Å²) >= 11 is 0. The number of aryl methyl sites for hydroxylation is 1. The maximum absolute atomic E-state index is 10.1. The molecule has 2 unspecified atom stereocenters. The largest absolute Gasteiger partial charge is 0.489 e. The summed E-state index contributed by atoms with van der Waals surface area (Å²) in [7, 11) is 0. The van der Waals surface area contributed by atoms with E-state index < -0.39 is 0 Å². The lowest BCUT2D eigenvalue weighted by molar-refractivity contribution is -0.152. The lowest BCUT2D eigenvalue weighted by Gasteiger charge is -2.51. The summed E-state index contributed by atoms with van der Waals surface area (Å²) in [6.07, 6.45) is 6.64. The summed E-state index contributed by atoms with van der Waals surface area (Å²) in [5.41, 5.74) is 1.34. The van der Waals surface area contributed by atoms with Crippen LogP contribution in [0.3, 0.4) is 0 Å².